The van der Waals surface area contributed by atoms with Crippen LogP contribution in [0, 0.1) is 34.5 Å². The van der Waals surface area contributed by atoms with Gasteiger partial charge in [-0.2, -0.15) is 0 Å². The lowest BCUT2D eigenvalue weighted by Gasteiger charge is -2.59. The third-order valence-electron chi connectivity index (χ3n) is 9.12. The zero-order valence-electron chi connectivity index (χ0n) is 15.1. The summed E-state index contributed by atoms with van der Waals surface area (Å²) < 4.78 is 12.3. The summed E-state index contributed by atoms with van der Waals surface area (Å²) in [7, 11) is 0. The van der Waals surface area contributed by atoms with E-state index in [0.29, 0.717) is 10.8 Å². The maximum atomic E-state index is 6.15. The van der Waals surface area contributed by atoms with Crippen molar-refractivity contribution in [3.05, 3.63) is 0 Å². The van der Waals surface area contributed by atoms with Crippen molar-refractivity contribution in [1.82, 2.24) is 0 Å². The fourth-order valence-electron chi connectivity index (χ4n) is 8.05. The van der Waals surface area contributed by atoms with E-state index in [0.717, 1.165) is 43.3 Å². The first-order valence-corrected chi connectivity index (χ1v) is 10.3. The summed E-state index contributed by atoms with van der Waals surface area (Å²) in [5, 5.41) is 0. The molecule has 0 amide bonds. The number of rotatable bonds is 0. The van der Waals surface area contributed by atoms with Gasteiger partial charge in [-0.25, -0.2) is 0 Å². The minimum atomic E-state index is -0.196. The second-order valence-corrected chi connectivity index (χ2v) is 10.1. The summed E-state index contributed by atoms with van der Waals surface area (Å²) in [5.74, 6) is 3.60. The highest BCUT2D eigenvalue weighted by molar-refractivity contribution is 5.10. The Labute approximate surface area is 141 Å². The minimum absolute atomic E-state index is 0.196. The van der Waals surface area contributed by atoms with Gasteiger partial charge in [0.1, 0.15) is 0 Å². The first-order chi connectivity index (χ1) is 11.0. The molecule has 1 aliphatic heterocycles. The van der Waals surface area contributed by atoms with Crippen LogP contribution in [-0.4, -0.2) is 19.0 Å². The van der Waals surface area contributed by atoms with E-state index < -0.39 is 0 Å². The van der Waals surface area contributed by atoms with Crippen molar-refractivity contribution in [3.63, 3.8) is 0 Å². The van der Waals surface area contributed by atoms with Crippen molar-refractivity contribution in [1.29, 1.82) is 0 Å². The maximum absolute atomic E-state index is 6.15. The van der Waals surface area contributed by atoms with E-state index in [9.17, 15) is 0 Å². The maximum Gasteiger partial charge on any atom is 0.169 e. The van der Waals surface area contributed by atoms with Crippen molar-refractivity contribution >= 4 is 0 Å². The summed E-state index contributed by atoms with van der Waals surface area (Å²) in [4.78, 5) is 0. The highest BCUT2D eigenvalue weighted by Crippen LogP contribution is 2.68. The fourth-order valence-corrected chi connectivity index (χ4v) is 8.05. The van der Waals surface area contributed by atoms with Crippen LogP contribution < -0.4 is 0 Å². The number of hydrogen-bond donors (Lipinski definition) is 0. The van der Waals surface area contributed by atoms with Gasteiger partial charge >= 0.3 is 0 Å². The van der Waals surface area contributed by atoms with E-state index in [1.807, 2.05) is 0 Å². The monoisotopic (exact) mass is 318 g/mol. The van der Waals surface area contributed by atoms with Gasteiger partial charge in [-0.3, -0.25) is 0 Å². The van der Waals surface area contributed by atoms with Crippen LogP contribution in [0.1, 0.15) is 78.1 Å². The Morgan fingerprint density at radius 1 is 0.826 bits per heavy atom. The van der Waals surface area contributed by atoms with Crippen LogP contribution in [0.2, 0.25) is 0 Å². The first-order valence-electron chi connectivity index (χ1n) is 10.3. The van der Waals surface area contributed by atoms with Gasteiger partial charge in [-0.05, 0) is 73.0 Å². The van der Waals surface area contributed by atoms with E-state index >= 15 is 0 Å². The zero-order chi connectivity index (χ0) is 15.7. The quantitative estimate of drug-likeness (QED) is 0.614. The molecule has 0 aromatic rings. The van der Waals surface area contributed by atoms with Gasteiger partial charge in [0.2, 0.25) is 0 Å². The van der Waals surface area contributed by atoms with E-state index in [4.69, 9.17) is 9.47 Å². The normalized spacial score (nSPS) is 54.5. The standard InChI is InChI=1S/C21H34O2/c1-19-10-8-17-16(7-6-15-5-3-4-9-20(15,17)2)18(19)13-21(14-19)22-11-12-23-21/h15-18H,3-14H2,1-2H3/t15-,16+,17-,18+,19-,20-/m1/s1. The van der Waals surface area contributed by atoms with Gasteiger partial charge in [-0.15, -0.1) is 0 Å². The second kappa shape index (κ2) is 4.97. The Balaban J connectivity index is 1.45. The Hall–Kier alpha value is -0.0800. The molecule has 0 unspecified atom stereocenters. The Kier molecular flexibility index (Phi) is 3.29. The summed E-state index contributed by atoms with van der Waals surface area (Å²) in [6, 6.07) is 0. The molecule has 5 aliphatic rings. The number of ether oxygens (including phenoxy) is 2. The third-order valence-corrected chi connectivity index (χ3v) is 9.12. The molecule has 4 aliphatic carbocycles. The molecule has 2 nitrogen and oxygen atoms in total. The summed E-state index contributed by atoms with van der Waals surface area (Å²) in [6.07, 6.45) is 14.2. The SMILES string of the molecule is C[C@]12CC[C@@H]3[C@H](CC[C@H]4CCCC[C@]43C)[C@@H]1CC1(C2)OCCO1. The van der Waals surface area contributed by atoms with Gasteiger partial charge in [-0.1, -0.05) is 26.7 Å². The lowest BCUT2D eigenvalue weighted by molar-refractivity contribution is -0.157. The van der Waals surface area contributed by atoms with Crippen LogP contribution in [-0.2, 0) is 9.47 Å². The molecule has 5 rings (SSSR count). The van der Waals surface area contributed by atoms with E-state index in [-0.39, 0.29) is 5.79 Å². The van der Waals surface area contributed by atoms with Crippen LogP contribution in [0.15, 0.2) is 0 Å². The van der Waals surface area contributed by atoms with Crippen LogP contribution in [0.5, 0.6) is 0 Å². The second-order valence-electron chi connectivity index (χ2n) is 10.1. The molecule has 130 valence electrons. The molecule has 0 aromatic carbocycles. The topological polar surface area (TPSA) is 18.5 Å². The molecule has 0 radical (unpaired) electrons. The average molecular weight is 319 g/mol. The molecule has 1 saturated heterocycles. The van der Waals surface area contributed by atoms with Crippen molar-refractivity contribution in [3.8, 4) is 0 Å². The van der Waals surface area contributed by atoms with E-state index in [1.165, 1.54) is 57.8 Å². The molecule has 6 atom stereocenters. The molecule has 5 fully saturated rings. The highest BCUT2D eigenvalue weighted by Gasteiger charge is 2.63. The molecule has 4 saturated carbocycles. The Morgan fingerprint density at radius 3 is 2.48 bits per heavy atom. The number of fused-ring (bicyclic) bond motifs is 5. The molecule has 1 spiro atoms. The zero-order valence-corrected chi connectivity index (χ0v) is 15.1. The predicted molar refractivity (Wildman–Crippen MR) is 91.0 cm³/mol. The van der Waals surface area contributed by atoms with Crippen LogP contribution >= 0.6 is 0 Å². The largest absolute Gasteiger partial charge is 0.348 e. The molecular weight excluding hydrogens is 284 g/mol. The predicted octanol–water partition coefficient (Wildman–Crippen LogP) is 5.16. The van der Waals surface area contributed by atoms with Gasteiger partial charge in [0.25, 0.3) is 0 Å². The van der Waals surface area contributed by atoms with Crippen molar-refractivity contribution < 1.29 is 9.47 Å². The molecule has 0 aromatic heterocycles. The van der Waals surface area contributed by atoms with Crippen LogP contribution in [0.4, 0.5) is 0 Å². The summed E-state index contributed by atoms with van der Waals surface area (Å²) in [5.41, 5.74) is 1.12. The van der Waals surface area contributed by atoms with E-state index in [2.05, 4.69) is 13.8 Å². The first kappa shape index (κ1) is 15.2. The van der Waals surface area contributed by atoms with E-state index in [1.54, 1.807) is 0 Å². The minimum Gasteiger partial charge on any atom is -0.348 e. The molecule has 0 N–H and O–H groups in total. The lowest BCUT2D eigenvalue weighted by Crippen LogP contribution is -2.51. The van der Waals surface area contributed by atoms with Gasteiger partial charge in [0, 0.05) is 12.8 Å². The molecule has 0 bridgehead atoms. The Bertz CT molecular complexity index is 482. The van der Waals surface area contributed by atoms with Crippen molar-refractivity contribution in [2.24, 2.45) is 34.5 Å². The van der Waals surface area contributed by atoms with Gasteiger partial charge < -0.3 is 9.47 Å². The average Bonchev–Trinajstić information content (AvgIpc) is 3.10. The number of hydrogen-bond acceptors (Lipinski definition) is 2. The summed E-state index contributed by atoms with van der Waals surface area (Å²) in [6.45, 7) is 6.86. The lowest BCUT2D eigenvalue weighted by atomic mass is 9.45. The van der Waals surface area contributed by atoms with Crippen LogP contribution in [0.3, 0.4) is 0 Å². The van der Waals surface area contributed by atoms with Crippen molar-refractivity contribution in [2.45, 2.75) is 83.8 Å². The van der Waals surface area contributed by atoms with Gasteiger partial charge in [0.15, 0.2) is 5.79 Å². The third kappa shape index (κ3) is 2.06. The van der Waals surface area contributed by atoms with Crippen LogP contribution in [0.25, 0.3) is 0 Å². The smallest absolute Gasteiger partial charge is 0.169 e. The van der Waals surface area contributed by atoms with Gasteiger partial charge in [0.05, 0.1) is 13.2 Å². The summed E-state index contributed by atoms with van der Waals surface area (Å²) >= 11 is 0. The Morgan fingerprint density at radius 2 is 1.65 bits per heavy atom. The molecule has 1 heterocycles. The molecule has 23 heavy (non-hydrogen) atoms. The van der Waals surface area contributed by atoms with Crippen molar-refractivity contribution in [2.75, 3.05) is 13.2 Å². The molecule has 2 heteroatoms. The fraction of sp³-hybridized carbons (Fsp3) is 1.00. The highest BCUT2D eigenvalue weighted by atomic mass is 16.7. The molecular formula is C21H34O2.